The van der Waals surface area contributed by atoms with Crippen molar-refractivity contribution in [2.24, 2.45) is 0 Å². The third kappa shape index (κ3) is 6.07. The zero-order chi connectivity index (χ0) is 25.9. The molecule has 3 aromatic carbocycles. The van der Waals surface area contributed by atoms with Crippen LogP contribution in [0.3, 0.4) is 0 Å². The van der Waals surface area contributed by atoms with Crippen molar-refractivity contribution in [3.63, 3.8) is 0 Å². The summed E-state index contributed by atoms with van der Waals surface area (Å²) >= 11 is 12.3. The molecule has 0 radical (unpaired) electrons. The number of benzene rings is 3. The summed E-state index contributed by atoms with van der Waals surface area (Å²) in [6.07, 6.45) is -2.95. The van der Waals surface area contributed by atoms with E-state index in [1.54, 1.807) is 54.6 Å². The first-order chi connectivity index (χ1) is 17.1. The van der Waals surface area contributed by atoms with Gasteiger partial charge in [-0.2, -0.15) is 13.2 Å². The van der Waals surface area contributed by atoms with Crippen molar-refractivity contribution in [3.05, 3.63) is 93.9 Å². The van der Waals surface area contributed by atoms with Gasteiger partial charge in [-0.1, -0.05) is 65.9 Å². The van der Waals surface area contributed by atoms with Gasteiger partial charge in [0, 0.05) is 0 Å². The minimum atomic E-state index is -4.54. The van der Waals surface area contributed by atoms with Crippen LogP contribution in [0.5, 0.6) is 5.75 Å². The van der Waals surface area contributed by atoms with Crippen molar-refractivity contribution >= 4 is 69.2 Å². The van der Waals surface area contributed by atoms with E-state index in [9.17, 15) is 22.8 Å². The van der Waals surface area contributed by atoms with E-state index < -0.39 is 17.6 Å². The molecule has 184 valence electrons. The van der Waals surface area contributed by atoms with Crippen LogP contribution >= 0.6 is 35.6 Å². The maximum absolute atomic E-state index is 13.1. The van der Waals surface area contributed by atoms with Crippen LogP contribution in [-0.4, -0.2) is 22.7 Å². The molecular weight excluding hydrogens is 533 g/mol. The lowest BCUT2D eigenvalue weighted by atomic mass is 10.1. The molecule has 0 aromatic heterocycles. The number of nitrogens with one attached hydrogen (secondary N) is 1. The summed E-state index contributed by atoms with van der Waals surface area (Å²) in [5, 5.41) is 3.06. The Morgan fingerprint density at radius 3 is 2.50 bits per heavy atom. The number of halogens is 4. The molecule has 0 spiro atoms. The SMILES string of the molecule is O=C(COc1ccc(/C=C2\SC(=S)N(c3cccc(C(F)(F)F)c3)C2=O)cc1)Nc1ccccc1Cl. The number of hydrogen-bond donors (Lipinski definition) is 1. The molecule has 1 aliphatic rings. The van der Waals surface area contributed by atoms with Crippen molar-refractivity contribution in [2.75, 3.05) is 16.8 Å². The molecule has 2 amide bonds. The van der Waals surface area contributed by atoms with Crippen molar-refractivity contribution in [1.29, 1.82) is 0 Å². The van der Waals surface area contributed by atoms with Gasteiger partial charge < -0.3 is 10.1 Å². The van der Waals surface area contributed by atoms with E-state index in [0.717, 1.165) is 28.8 Å². The molecule has 0 bridgehead atoms. The van der Waals surface area contributed by atoms with Gasteiger partial charge in [0.1, 0.15) is 5.75 Å². The van der Waals surface area contributed by atoms with Crippen LogP contribution in [0.2, 0.25) is 5.02 Å². The third-order valence-electron chi connectivity index (χ3n) is 4.92. The average molecular weight is 549 g/mol. The van der Waals surface area contributed by atoms with Gasteiger partial charge in [-0.3, -0.25) is 14.5 Å². The molecular formula is C25H16ClF3N2O3S2. The van der Waals surface area contributed by atoms with Gasteiger partial charge >= 0.3 is 6.18 Å². The number of carbonyl (C=O) groups excluding carboxylic acids is 2. The minimum Gasteiger partial charge on any atom is -0.484 e. The van der Waals surface area contributed by atoms with E-state index in [4.69, 9.17) is 28.6 Å². The number of alkyl halides is 3. The lowest BCUT2D eigenvalue weighted by molar-refractivity contribution is -0.137. The van der Waals surface area contributed by atoms with Gasteiger partial charge in [-0.25, -0.2) is 0 Å². The summed E-state index contributed by atoms with van der Waals surface area (Å²) in [7, 11) is 0. The Balaban J connectivity index is 1.40. The van der Waals surface area contributed by atoms with E-state index in [-0.39, 0.29) is 27.4 Å². The lowest BCUT2D eigenvalue weighted by Gasteiger charge is -2.16. The molecule has 1 N–H and O–H groups in total. The Hall–Kier alpha value is -3.34. The topological polar surface area (TPSA) is 58.6 Å². The van der Waals surface area contributed by atoms with Gasteiger partial charge in [-0.15, -0.1) is 0 Å². The molecule has 36 heavy (non-hydrogen) atoms. The fraction of sp³-hybridized carbons (Fsp3) is 0.0800. The van der Waals surface area contributed by atoms with E-state index in [1.165, 1.54) is 12.1 Å². The second-order valence-electron chi connectivity index (χ2n) is 7.45. The third-order valence-corrected chi connectivity index (χ3v) is 6.55. The summed E-state index contributed by atoms with van der Waals surface area (Å²) in [5.74, 6) is -0.468. The van der Waals surface area contributed by atoms with Gasteiger partial charge in [0.25, 0.3) is 11.8 Å². The standard InChI is InChI=1S/C25H16ClF3N2O3S2/c26-19-6-1-2-7-20(19)30-22(32)14-34-18-10-8-15(9-11-18)12-21-23(33)31(24(35)36-21)17-5-3-4-16(13-17)25(27,28)29/h1-13H,14H2,(H,30,32)/b21-12-. The number of ether oxygens (including phenoxy) is 1. The molecule has 1 fully saturated rings. The van der Waals surface area contributed by atoms with Crippen LogP contribution in [0.4, 0.5) is 24.5 Å². The second-order valence-corrected chi connectivity index (χ2v) is 9.53. The molecule has 1 aliphatic heterocycles. The van der Waals surface area contributed by atoms with Gasteiger partial charge in [-0.05, 0) is 54.1 Å². The van der Waals surface area contributed by atoms with E-state index in [2.05, 4.69) is 5.32 Å². The van der Waals surface area contributed by atoms with Crippen LogP contribution in [0.1, 0.15) is 11.1 Å². The fourth-order valence-electron chi connectivity index (χ4n) is 3.22. The molecule has 0 atom stereocenters. The Morgan fingerprint density at radius 1 is 1.08 bits per heavy atom. The highest BCUT2D eigenvalue weighted by molar-refractivity contribution is 8.27. The first kappa shape index (κ1) is 25.7. The number of carbonyl (C=O) groups is 2. The summed E-state index contributed by atoms with van der Waals surface area (Å²) in [6, 6.07) is 17.9. The number of thiocarbonyl (C=S) groups is 1. The highest BCUT2D eigenvalue weighted by atomic mass is 35.5. The quantitative estimate of drug-likeness (QED) is 0.272. The van der Waals surface area contributed by atoms with Gasteiger partial charge in [0.2, 0.25) is 0 Å². The van der Waals surface area contributed by atoms with Crippen LogP contribution in [0, 0.1) is 0 Å². The molecule has 0 aliphatic carbocycles. The number of hydrogen-bond acceptors (Lipinski definition) is 5. The Labute approximate surface area is 218 Å². The Morgan fingerprint density at radius 2 is 1.81 bits per heavy atom. The smallest absolute Gasteiger partial charge is 0.416 e. The summed E-state index contributed by atoms with van der Waals surface area (Å²) < 4.78 is 44.8. The maximum atomic E-state index is 13.1. The first-order valence-electron chi connectivity index (χ1n) is 10.3. The van der Waals surface area contributed by atoms with E-state index >= 15 is 0 Å². The van der Waals surface area contributed by atoms with E-state index in [1.807, 2.05) is 0 Å². The van der Waals surface area contributed by atoms with Crippen molar-refractivity contribution in [2.45, 2.75) is 6.18 Å². The highest BCUT2D eigenvalue weighted by Crippen LogP contribution is 2.38. The fourth-order valence-corrected chi connectivity index (χ4v) is 4.70. The largest absolute Gasteiger partial charge is 0.484 e. The number of thioether (sulfide) groups is 1. The maximum Gasteiger partial charge on any atom is 0.416 e. The van der Waals surface area contributed by atoms with Crippen LogP contribution in [0.25, 0.3) is 6.08 Å². The molecule has 5 nitrogen and oxygen atoms in total. The zero-order valence-corrected chi connectivity index (χ0v) is 20.6. The molecule has 0 saturated carbocycles. The highest BCUT2D eigenvalue weighted by Gasteiger charge is 2.36. The van der Waals surface area contributed by atoms with Gasteiger partial charge in [0.15, 0.2) is 10.9 Å². The summed E-state index contributed by atoms with van der Waals surface area (Å²) in [5.41, 5.74) is 0.307. The van der Waals surface area contributed by atoms with Crippen molar-refractivity contribution in [1.82, 2.24) is 0 Å². The zero-order valence-electron chi connectivity index (χ0n) is 18.2. The minimum absolute atomic E-state index is 0.0505. The van der Waals surface area contributed by atoms with Crippen molar-refractivity contribution in [3.8, 4) is 5.75 Å². The van der Waals surface area contributed by atoms with Gasteiger partial charge in [0.05, 0.1) is 26.9 Å². The number of para-hydroxylation sites is 1. The average Bonchev–Trinajstić information content (AvgIpc) is 3.12. The first-order valence-corrected chi connectivity index (χ1v) is 11.9. The Kier molecular flexibility index (Phi) is 7.67. The predicted molar refractivity (Wildman–Crippen MR) is 139 cm³/mol. The van der Waals surface area contributed by atoms with Crippen molar-refractivity contribution < 1.29 is 27.5 Å². The van der Waals surface area contributed by atoms with Crippen LogP contribution < -0.4 is 15.0 Å². The van der Waals surface area contributed by atoms with Crippen LogP contribution in [0.15, 0.2) is 77.7 Å². The summed E-state index contributed by atoms with van der Waals surface area (Å²) in [6.45, 7) is -0.236. The molecule has 3 aromatic rings. The lowest BCUT2D eigenvalue weighted by Crippen LogP contribution is -2.27. The number of amides is 2. The molecule has 4 rings (SSSR count). The Bertz CT molecular complexity index is 1360. The van der Waals surface area contributed by atoms with E-state index in [0.29, 0.717) is 22.0 Å². The molecule has 1 heterocycles. The predicted octanol–water partition coefficient (Wildman–Crippen LogP) is 6.78. The second kappa shape index (κ2) is 10.7. The summed E-state index contributed by atoms with van der Waals surface area (Å²) in [4.78, 5) is 26.3. The molecule has 0 unspecified atom stereocenters. The normalized spacial score (nSPS) is 14.9. The molecule has 11 heteroatoms. The van der Waals surface area contributed by atoms with Crippen LogP contribution in [-0.2, 0) is 15.8 Å². The number of rotatable bonds is 6. The monoisotopic (exact) mass is 548 g/mol. The number of anilines is 2. The molecule has 1 saturated heterocycles. The number of nitrogens with zero attached hydrogens (tertiary/aromatic N) is 1.